The third-order valence-electron chi connectivity index (χ3n) is 4.05. The van der Waals surface area contributed by atoms with E-state index in [-0.39, 0.29) is 0 Å². The molecule has 6 heteroatoms. The lowest BCUT2D eigenvalue weighted by atomic mass is 10.2. The summed E-state index contributed by atoms with van der Waals surface area (Å²) in [7, 11) is 4.21. The van der Waals surface area contributed by atoms with Crippen LogP contribution < -0.4 is 0 Å². The Morgan fingerprint density at radius 1 is 1.25 bits per heavy atom. The number of thioether (sulfide) groups is 1. The van der Waals surface area contributed by atoms with Crippen molar-refractivity contribution in [2.24, 2.45) is 0 Å². The molecular formula is C18H27ClN4S. The van der Waals surface area contributed by atoms with E-state index in [1.807, 2.05) is 18.2 Å². The molecule has 1 atom stereocenters. The molecule has 0 N–H and O–H groups in total. The van der Waals surface area contributed by atoms with Gasteiger partial charge in [0.2, 0.25) is 0 Å². The zero-order chi connectivity index (χ0) is 17.5. The fourth-order valence-corrected chi connectivity index (χ4v) is 3.86. The summed E-state index contributed by atoms with van der Waals surface area (Å²) in [5, 5.41) is 10.8. The summed E-state index contributed by atoms with van der Waals surface area (Å²) < 4.78 is 2.30. The molecule has 2 rings (SSSR count). The van der Waals surface area contributed by atoms with Crippen LogP contribution in [0.3, 0.4) is 0 Å². The normalized spacial score (nSPS) is 12.8. The van der Waals surface area contributed by atoms with Crippen molar-refractivity contribution < 1.29 is 0 Å². The average molecular weight is 367 g/mol. The van der Waals surface area contributed by atoms with Crippen LogP contribution in [0.2, 0.25) is 5.02 Å². The molecule has 1 unspecified atom stereocenters. The van der Waals surface area contributed by atoms with Crippen molar-refractivity contribution in [2.45, 2.75) is 56.6 Å². The number of hydrogen-bond acceptors (Lipinski definition) is 4. The van der Waals surface area contributed by atoms with Crippen LogP contribution in [-0.2, 0) is 12.3 Å². The SMILES string of the molecule is CCCCn1c(SCc2cccc(Cl)c2)nnc1C(CC)N(C)C. The molecule has 1 heterocycles. The van der Waals surface area contributed by atoms with E-state index in [0.29, 0.717) is 6.04 Å². The standard InChI is InChI=1S/C18H27ClN4S/c1-5-7-11-23-17(16(6-2)22(3)4)20-21-18(23)24-13-14-9-8-10-15(19)12-14/h8-10,12,16H,5-7,11,13H2,1-4H3. The lowest BCUT2D eigenvalue weighted by Gasteiger charge is -2.23. The Bertz CT molecular complexity index is 642. The van der Waals surface area contributed by atoms with E-state index in [0.717, 1.165) is 47.6 Å². The van der Waals surface area contributed by atoms with Crippen LogP contribution >= 0.6 is 23.4 Å². The van der Waals surface area contributed by atoms with E-state index in [1.165, 1.54) is 5.56 Å². The van der Waals surface area contributed by atoms with Crippen LogP contribution in [0.5, 0.6) is 0 Å². The van der Waals surface area contributed by atoms with Crippen molar-refractivity contribution in [1.82, 2.24) is 19.7 Å². The van der Waals surface area contributed by atoms with Gasteiger partial charge in [-0.3, -0.25) is 4.90 Å². The minimum absolute atomic E-state index is 0.301. The molecule has 0 saturated heterocycles. The van der Waals surface area contributed by atoms with Crippen molar-refractivity contribution in [3.05, 3.63) is 40.7 Å². The third-order valence-corrected chi connectivity index (χ3v) is 5.32. The Balaban J connectivity index is 2.20. The van der Waals surface area contributed by atoms with E-state index in [1.54, 1.807) is 11.8 Å². The highest BCUT2D eigenvalue weighted by atomic mass is 35.5. The quantitative estimate of drug-likeness (QED) is 0.582. The summed E-state index contributed by atoms with van der Waals surface area (Å²) in [6.07, 6.45) is 3.32. The van der Waals surface area contributed by atoms with Crippen molar-refractivity contribution in [3.8, 4) is 0 Å². The molecule has 0 radical (unpaired) electrons. The first-order valence-corrected chi connectivity index (χ1v) is 9.89. The van der Waals surface area contributed by atoms with Gasteiger partial charge in [-0.15, -0.1) is 10.2 Å². The van der Waals surface area contributed by atoms with Gasteiger partial charge in [-0.2, -0.15) is 0 Å². The first kappa shape index (κ1) is 19.3. The maximum absolute atomic E-state index is 6.08. The zero-order valence-electron chi connectivity index (χ0n) is 15.0. The maximum atomic E-state index is 6.08. The summed E-state index contributed by atoms with van der Waals surface area (Å²) in [5.41, 5.74) is 1.21. The number of halogens is 1. The molecule has 0 fully saturated rings. The Morgan fingerprint density at radius 2 is 2.04 bits per heavy atom. The number of rotatable bonds is 9. The third kappa shape index (κ3) is 4.98. The molecule has 132 valence electrons. The van der Waals surface area contributed by atoms with Crippen LogP contribution in [-0.4, -0.2) is 33.8 Å². The Kier molecular flexibility index (Phi) is 7.59. The van der Waals surface area contributed by atoms with Crippen LogP contribution in [0.25, 0.3) is 0 Å². The van der Waals surface area contributed by atoms with Gasteiger partial charge < -0.3 is 4.57 Å². The van der Waals surface area contributed by atoms with Crippen LogP contribution in [0.15, 0.2) is 29.4 Å². The van der Waals surface area contributed by atoms with Crippen molar-refractivity contribution in [1.29, 1.82) is 0 Å². The van der Waals surface area contributed by atoms with E-state index in [4.69, 9.17) is 11.6 Å². The highest BCUT2D eigenvalue weighted by Crippen LogP contribution is 2.28. The minimum atomic E-state index is 0.301. The van der Waals surface area contributed by atoms with Gasteiger partial charge in [0.1, 0.15) is 0 Å². The predicted octanol–water partition coefficient (Wildman–Crippen LogP) is 5.04. The monoisotopic (exact) mass is 366 g/mol. The predicted molar refractivity (Wildman–Crippen MR) is 103 cm³/mol. The van der Waals surface area contributed by atoms with Gasteiger partial charge >= 0.3 is 0 Å². The molecule has 0 aliphatic rings. The fraction of sp³-hybridized carbons (Fsp3) is 0.556. The molecule has 0 saturated carbocycles. The van der Waals surface area contributed by atoms with Gasteiger partial charge in [0.05, 0.1) is 6.04 Å². The zero-order valence-corrected chi connectivity index (χ0v) is 16.6. The molecule has 1 aromatic heterocycles. The average Bonchev–Trinajstić information content (AvgIpc) is 2.94. The van der Waals surface area contributed by atoms with Crippen molar-refractivity contribution in [2.75, 3.05) is 14.1 Å². The van der Waals surface area contributed by atoms with Crippen LogP contribution in [0.1, 0.15) is 50.5 Å². The topological polar surface area (TPSA) is 34.0 Å². The van der Waals surface area contributed by atoms with Gasteiger partial charge in [-0.1, -0.05) is 55.8 Å². The van der Waals surface area contributed by atoms with Crippen molar-refractivity contribution in [3.63, 3.8) is 0 Å². The summed E-state index contributed by atoms with van der Waals surface area (Å²) in [5.74, 6) is 1.92. The summed E-state index contributed by atoms with van der Waals surface area (Å²) in [4.78, 5) is 2.22. The van der Waals surface area contributed by atoms with E-state index in [9.17, 15) is 0 Å². The molecule has 24 heavy (non-hydrogen) atoms. The number of nitrogens with zero attached hydrogens (tertiary/aromatic N) is 4. The van der Waals surface area contributed by atoms with E-state index >= 15 is 0 Å². The van der Waals surface area contributed by atoms with E-state index < -0.39 is 0 Å². The van der Waals surface area contributed by atoms with Crippen LogP contribution in [0, 0.1) is 0 Å². The van der Waals surface area contributed by atoms with E-state index in [2.05, 4.69) is 53.7 Å². The molecular weight excluding hydrogens is 340 g/mol. The molecule has 0 aliphatic heterocycles. The molecule has 0 bridgehead atoms. The first-order chi connectivity index (χ1) is 11.6. The Hall–Kier alpha value is -1.04. The molecule has 2 aromatic rings. The van der Waals surface area contributed by atoms with Crippen LogP contribution in [0.4, 0.5) is 0 Å². The second kappa shape index (κ2) is 9.44. The number of aromatic nitrogens is 3. The molecule has 0 aliphatic carbocycles. The van der Waals surface area contributed by atoms with Gasteiger partial charge in [0.25, 0.3) is 0 Å². The second-order valence-electron chi connectivity index (χ2n) is 6.15. The molecule has 0 amide bonds. The lowest BCUT2D eigenvalue weighted by molar-refractivity contribution is 0.270. The highest BCUT2D eigenvalue weighted by Gasteiger charge is 2.21. The van der Waals surface area contributed by atoms with Gasteiger partial charge in [-0.25, -0.2) is 0 Å². The second-order valence-corrected chi connectivity index (χ2v) is 7.53. The molecule has 0 spiro atoms. The number of benzene rings is 1. The van der Waals surface area contributed by atoms with Gasteiger partial charge in [0.15, 0.2) is 11.0 Å². The fourth-order valence-electron chi connectivity index (χ4n) is 2.73. The summed E-state index contributed by atoms with van der Waals surface area (Å²) >= 11 is 7.81. The summed E-state index contributed by atoms with van der Waals surface area (Å²) in [6, 6.07) is 8.30. The number of unbranched alkanes of at least 4 members (excludes halogenated alkanes) is 1. The van der Waals surface area contributed by atoms with Crippen molar-refractivity contribution >= 4 is 23.4 Å². The molecule has 4 nitrogen and oxygen atoms in total. The molecule has 1 aromatic carbocycles. The first-order valence-electron chi connectivity index (χ1n) is 8.53. The number of hydrogen-bond donors (Lipinski definition) is 0. The summed E-state index contributed by atoms with van der Waals surface area (Å²) in [6.45, 7) is 5.38. The highest BCUT2D eigenvalue weighted by molar-refractivity contribution is 7.98. The Morgan fingerprint density at radius 3 is 2.67 bits per heavy atom. The van der Waals surface area contributed by atoms with Gasteiger partial charge in [-0.05, 0) is 44.6 Å². The maximum Gasteiger partial charge on any atom is 0.191 e. The smallest absolute Gasteiger partial charge is 0.191 e. The minimum Gasteiger partial charge on any atom is -0.305 e. The van der Waals surface area contributed by atoms with Gasteiger partial charge in [0, 0.05) is 17.3 Å². The Labute approximate surface area is 154 Å². The lowest BCUT2D eigenvalue weighted by Crippen LogP contribution is -2.23. The largest absolute Gasteiger partial charge is 0.305 e.